The summed E-state index contributed by atoms with van der Waals surface area (Å²) < 4.78 is 11.0. The van der Waals surface area contributed by atoms with Crippen LogP contribution in [0.3, 0.4) is 0 Å². The van der Waals surface area contributed by atoms with Crippen LogP contribution < -0.4 is 10.4 Å². The van der Waals surface area contributed by atoms with Crippen molar-refractivity contribution in [1.29, 1.82) is 0 Å². The highest BCUT2D eigenvalue weighted by Crippen LogP contribution is 2.19. The van der Waals surface area contributed by atoms with Gasteiger partial charge in [0, 0.05) is 24.1 Å². The molecule has 0 spiro atoms. The molecule has 0 radical (unpaired) electrons. The van der Waals surface area contributed by atoms with Gasteiger partial charge in [0.1, 0.15) is 11.3 Å². The quantitative estimate of drug-likeness (QED) is 0.327. The highest BCUT2D eigenvalue weighted by molar-refractivity contribution is 5.77. The molecule has 0 amide bonds. The van der Waals surface area contributed by atoms with Crippen LogP contribution in [-0.2, 0) is 6.54 Å². The summed E-state index contributed by atoms with van der Waals surface area (Å²) in [7, 11) is 0. The molecule has 138 valence electrons. The molecule has 0 saturated carbocycles. The molecular formula is C23H23NO3. The zero-order chi connectivity index (χ0) is 18.9. The molecule has 27 heavy (non-hydrogen) atoms. The molecule has 0 bridgehead atoms. The SMILES string of the molecule is C#CCN(CCCCOc1ccc2ccc(=O)oc2c1)Cc1ccccc1. The molecule has 0 unspecified atom stereocenters. The summed E-state index contributed by atoms with van der Waals surface area (Å²) in [6.45, 7) is 3.03. The van der Waals surface area contributed by atoms with Crippen molar-refractivity contribution in [3.05, 3.63) is 76.6 Å². The number of hydrogen-bond acceptors (Lipinski definition) is 4. The Hall–Kier alpha value is -3.03. The molecule has 4 heteroatoms. The fourth-order valence-electron chi connectivity index (χ4n) is 2.94. The third kappa shape index (κ3) is 5.73. The van der Waals surface area contributed by atoms with Crippen LogP contribution in [-0.4, -0.2) is 24.6 Å². The van der Waals surface area contributed by atoms with Crippen molar-refractivity contribution in [2.75, 3.05) is 19.7 Å². The van der Waals surface area contributed by atoms with Gasteiger partial charge in [-0.2, -0.15) is 0 Å². The lowest BCUT2D eigenvalue weighted by Crippen LogP contribution is -2.25. The molecule has 1 aromatic heterocycles. The highest BCUT2D eigenvalue weighted by Gasteiger charge is 2.05. The molecule has 0 atom stereocenters. The lowest BCUT2D eigenvalue weighted by atomic mass is 10.2. The zero-order valence-electron chi connectivity index (χ0n) is 15.3. The fraction of sp³-hybridized carbons (Fsp3) is 0.261. The van der Waals surface area contributed by atoms with Crippen LogP contribution in [0.15, 0.2) is 69.9 Å². The van der Waals surface area contributed by atoms with E-state index < -0.39 is 0 Å². The molecule has 0 aliphatic rings. The van der Waals surface area contributed by atoms with E-state index in [-0.39, 0.29) is 5.63 Å². The Kier molecular flexibility index (Phi) is 6.67. The molecule has 0 saturated heterocycles. The van der Waals surface area contributed by atoms with Gasteiger partial charge in [0.2, 0.25) is 0 Å². The van der Waals surface area contributed by atoms with Gasteiger partial charge < -0.3 is 9.15 Å². The van der Waals surface area contributed by atoms with Gasteiger partial charge in [-0.1, -0.05) is 36.3 Å². The number of unbranched alkanes of at least 4 members (excludes halogenated alkanes) is 1. The van der Waals surface area contributed by atoms with E-state index in [1.54, 1.807) is 12.1 Å². The summed E-state index contributed by atoms with van der Waals surface area (Å²) >= 11 is 0. The van der Waals surface area contributed by atoms with Gasteiger partial charge in [0.05, 0.1) is 13.2 Å². The predicted molar refractivity (Wildman–Crippen MR) is 108 cm³/mol. The Morgan fingerprint density at radius 3 is 2.67 bits per heavy atom. The van der Waals surface area contributed by atoms with Crippen molar-refractivity contribution >= 4 is 11.0 Å². The number of rotatable bonds is 9. The number of hydrogen-bond donors (Lipinski definition) is 0. The van der Waals surface area contributed by atoms with Crippen molar-refractivity contribution in [2.45, 2.75) is 19.4 Å². The third-order valence-corrected chi connectivity index (χ3v) is 4.30. The smallest absolute Gasteiger partial charge is 0.336 e. The molecule has 4 nitrogen and oxygen atoms in total. The maximum Gasteiger partial charge on any atom is 0.336 e. The Morgan fingerprint density at radius 2 is 1.85 bits per heavy atom. The monoisotopic (exact) mass is 361 g/mol. The Bertz CT molecular complexity index is 957. The van der Waals surface area contributed by atoms with Crippen LogP contribution >= 0.6 is 0 Å². The maximum absolute atomic E-state index is 11.3. The van der Waals surface area contributed by atoms with Crippen molar-refractivity contribution in [2.24, 2.45) is 0 Å². The van der Waals surface area contributed by atoms with Gasteiger partial charge >= 0.3 is 5.63 Å². The minimum atomic E-state index is -0.355. The van der Waals surface area contributed by atoms with E-state index in [1.807, 2.05) is 30.3 Å². The summed E-state index contributed by atoms with van der Waals surface area (Å²) in [5.74, 6) is 3.44. The second kappa shape index (κ2) is 9.61. The summed E-state index contributed by atoms with van der Waals surface area (Å²) in [6.07, 6.45) is 7.42. The summed E-state index contributed by atoms with van der Waals surface area (Å²) in [6, 6.07) is 19.0. The number of fused-ring (bicyclic) bond motifs is 1. The molecular weight excluding hydrogens is 338 g/mol. The average molecular weight is 361 g/mol. The Balaban J connectivity index is 1.45. The van der Waals surface area contributed by atoms with E-state index in [9.17, 15) is 4.79 Å². The van der Waals surface area contributed by atoms with Crippen LogP contribution in [0.1, 0.15) is 18.4 Å². The molecule has 1 heterocycles. The first-order chi connectivity index (χ1) is 13.2. The van der Waals surface area contributed by atoms with Crippen LogP contribution in [0.5, 0.6) is 5.75 Å². The van der Waals surface area contributed by atoms with Gasteiger partial charge in [-0.15, -0.1) is 6.42 Å². The van der Waals surface area contributed by atoms with Crippen LogP contribution in [0.4, 0.5) is 0 Å². The number of ether oxygens (including phenoxy) is 1. The molecule has 3 rings (SSSR count). The van der Waals surface area contributed by atoms with Crippen molar-refractivity contribution in [3.63, 3.8) is 0 Å². The topological polar surface area (TPSA) is 42.7 Å². The number of benzene rings is 2. The lowest BCUT2D eigenvalue weighted by Gasteiger charge is -2.19. The summed E-state index contributed by atoms with van der Waals surface area (Å²) in [4.78, 5) is 13.6. The molecule has 0 fully saturated rings. The first kappa shape index (κ1) is 18.8. The second-order valence-electron chi connectivity index (χ2n) is 6.41. The van der Waals surface area contributed by atoms with E-state index in [0.717, 1.165) is 31.3 Å². The van der Waals surface area contributed by atoms with Crippen molar-refractivity contribution < 1.29 is 9.15 Å². The van der Waals surface area contributed by atoms with Gasteiger partial charge in [0.15, 0.2) is 0 Å². The van der Waals surface area contributed by atoms with Gasteiger partial charge in [-0.25, -0.2) is 4.79 Å². The summed E-state index contributed by atoms with van der Waals surface area (Å²) in [5.41, 5.74) is 1.45. The number of terminal acetylenes is 1. The molecule has 3 aromatic rings. The van der Waals surface area contributed by atoms with E-state index in [2.05, 4.69) is 23.0 Å². The average Bonchev–Trinajstić information content (AvgIpc) is 2.68. The van der Waals surface area contributed by atoms with Crippen LogP contribution in [0.2, 0.25) is 0 Å². The predicted octanol–water partition coefficient (Wildman–Crippen LogP) is 4.09. The van der Waals surface area contributed by atoms with E-state index in [4.69, 9.17) is 15.6 Å². The fourth-order valence-corrected chi connectivity index (χ4v) is 2.94. The molecule has 0 aliphatic heterocycles. The van der Waals surface area contributed by atoms with Crippen LogP contribution in [0, 0.1) is 12.3 Å². The van der Waals surface area contributed by atoms with E-state index in [1.165, 1.54) is 11.6 Å². The van der Waals surface area contributed by atoms with E-state index in [0.29, 0.717) is 24.5 Å². The molecule has 0 aliphatic carbocycles. The molecule has 2 aromatic carbocycles. The minimum Gasteiger partial charge on any atom is -0.493 e. The van der Waals surface area contributed by atoms with Crippen molar-refractivity contribution in [1.82, 2.24) is 4.90 Å². The van der Waals surface area contributed by atoms with Gasteiger partial charge in [-0.3, -0.25) is 4.90 Å². The normalized spacial score (nSPS) is 10.8. The largest absolute Gasteiger partial charge is 0.493 e. The van der Waals surface area contributed by atoms with Crippen molar-refractivity contribution in [3.8, 4) is 18.1 Å². The Morgan fingerprint density at radius 1 is 1.04 bits per heavy atom. The molecule has 0 N–H and O–H groups in total. The Labute approximate surface area is 159 Å². The first-order valence-corrected chi connectivity index (χ1v) is 9.11. The maximum atomic E-state index is 11.3. The highest BCUT2D eigenvalue weighted by atomic mass is 16.5. The van der Waals surface area contributed by atoms with Gasteiger partial charge in [-0.05, 0) is 43.1 Å². The van der Waals surface area contributed by atoms with E-state index >= 15 is 0 Å². The minimum absolute atomic E-state index is 0.355. The lowest BCUT2D eigenvalue weighted by molar-refractivity contribution is 0.263. The van der Waals surface area contributed by atoms with Crippen LogP contribution in [0.25, 0.3) is 11.0 Å². The summed E-state index contributed by atoms with van der Waals surface area (Å²) in [5, 5.41) is 0.882. The first-order valence-electron chi connectivity index (χ1n) is 9.11. The third-order valence-electron chi connectivity index (χ3n) is 4.30. The zero-order valence-corrected chi connectivity index (χ0v) is 15.3. The second-order valence-corrected chi connectivity index (χ2v) is 6.41. The van der Waals surface area contributed by atoms with Gasteiger partial charge in [0.25, 0.3) is 0 Å². The number of nitrogens with zero attached hydrogens (tertiary/aromatic N) is 1. The standard InChI is InChI=1S/C23H23NO3/c1-2-14-24(18-19-8-4-3-5-9-19)15-6-7-16-26-21-12-10-20-11-13-23(25)27-22(20)17-21/h1,3-5,8-13,17H,6-7,14-16,18H2.